The zero-order valence-electron chi connectivity index (χ0n) is 40.0. The third-order valence-electron chi connectivity index (χ3n) is 14.9. The van der Waals surface area contributed by atoms with Crippen molar-refractivity contribution in [3.63, 3.8) is 0 Å². The highest BCUT2D eigenvalue weighted by Gasteiger charge is 2.42. The third-order valence-corrected chi connectivity index (χ3v) is 14.9. The molecular weight excluding hydrogens is 769 g/mol. The summed E-state index contributed by atoms with van der Waals surface area (Å²) >= 11 is 0. The van der Waals surface area contributed by atoms with Gasteiger partial charge in [-0.3, -0.25) is 0 Å². The van der Waals surface area contributed by atoms with Crippen LogP contribution in [0, 0.1) is 22.7 Å². The largest absolute Gasteiger partial charge is 0.0729 e. The molecule has 7 aromatic rings. The van der Waals surface area contributed by atoms with E-state index in [0.29, 0.717) is 11.8 Å². The lowest BCUT2D eigenvalue weighted by Gasteiger charge is -2.36. The Morgan fingerprint density at radius 2 is 0.828 bits per heavy atom. The maximum atomic E-state index is 2.57. The van der Waals surface area contributed by atoms with Crippen molar-refractivity contribution in [3.05, 3.63) is 179 Å². The van der Waals surface area contributed by atoms with Crippen molar-refractivity contribution >= 4 is 32.7 Å². The van der Waals surface area contributed by atoms with Gasteiger partial charge >= 0.3 is 0 Å². The zero-order chi connectivity index (χ0) is 44.8. The number of hydrogen-bond acceptors (Lipinski definition) is 0. The summed E-state index contributed by atoms with van der Waals surface area (Å²) in [7, 11) is 0. The standard InChI is InChI=1S/C64H62/c1-61(2,3)43-27-41-28-44(62(4,5)6)34-52-49-31-39(23-25-47(49)51(33-43)55(41)52)40-24-26-48-50(32-40)58(38-21-17-14-18-22-38)60-54-36-46(64(10,11)12)30-42-29-45(63(7,8)9)35-53(56(42)54)59(60)57(48)37-19-15-13-16-20-37/h13-36,41,55H,1-12H3. The van der Waals surface area contributed by atoms with Gasteiger partial charge in [0.15, 0.2) is 0 Å². The molecule has 0 amide bonds. The molecule has 64 heavy (non-hydrogen) atoms. The van der Waals surface area contributed by atoms with Gasteiger partial charge in [0.1, 0.15) is 0 Å². The summed E-state index contributed by atoms with van der Waals surface area (Å²) in [6.45, 7) is 28.3. The predicted molar refractivity (Wildman–Crippen MR) is 278 cm³/mol. The van der Waals surface area contributed by atoms with E-state index in [4.69, 9.17) is 0 Å². The van der Waals surface area contributed by atoms with Crippen molar-refractivity contribution in [1.82, 2.24) is 0 Å². The van der Waals surface area contributed by atoms with Crippen molar-refractivity contribution in [2.75, 3.05) is 0 Å². The molecule has 0 N–H and O–H groups in total. The van der Waals surface area contributed by atoms with E-state index in [1.54, 1.807) is 0 Å². The molecule has 0 heterocycles. The monoisotopic (exact) mass is 830 g/mol. The first kappa shape index (κ1) is 40.8. The highest BCUT2D eigenvalue weighted by atomic mass is 14.5. The number of allylic oxidation sites excluding steroid dienone is 8. The fraction of sp³-hybridized carbons (Fsp3) is 0.281. The van der Waals surface area contributed by atoms with Crippen LogP contribution in [0.4, 0.5) is 0 Å². The second-order valence-corrected chi connectivity index (χ2v) is 23.4. The molecule has 0 aliphatic heterocycles. The normalized spacial score (nSPS) is 17.8. The summed E-state index contributed by atoms with van der Waals surface area (Å²) in [5.41, 5.74) is 24.6. The average molecular weight is 831 g/mol. The first-order valence-electron chi connectivity index (χ1n) is 23.7. The zero-order valence-corrected chi connectivity index (χ0v) is 40.0. The van der Waals surface area contributed by atoms with Crippen LogP contribution in [0.5, 0.6) is 0 Å². The van der Waals surface area contributed by atoms with Crippen molar-refractivity contribution in [1.29, 1.82) is 0 Å². The Kier molecular flexibility index (Phi) is 8.77. The molecule has 0 heteroatoms. The van der Waals surface area contributed by atoms with Gasteiger partial charge in [0.05, 0.1) is 0 Å². The predicted octanol–water partition coefficient (Wildman–Crippen LogP) is 18.2. The van der Waals surface area contributed by atoms with Gasteiger partial charge in [-0.15, -0.1) is 0 Å². The highest BCUT2D eigenvalue weighted by Crippen LogP contribution is 2.61. The molecule has 2 unspecified atom stereocenters. The first-order chi connectivity index (χ1) is 30.3. The Bertz CT molecular complexity index is 3250. The minimum atomic E-state index is -0.0206. The van der Waals surface area contributed by atoms with Gasteiger partial charge in [0.2, 0.25) is 0 Å². The summed E-state index contributed by atoms with van der Waals surface area (Å²) in [6, 6.07) is 47.2. The van der Waals surface area contributed by atoms with Crippen LogP contribution in [0.25, 0.3) is 88.3 Å². The van der Waals surface area contributed by atoms with Gasteiger partial charge in [0.25, 0.3) is 0 Å². The van der Waals surface area contributed by atoms with E-state index < -0.39 is 0 Å². The molecule has 11 rings (SSSR count). The number of hydrogen-bond donors (Lipinski definition) is 0. The molecule has 0 bridgehead atoms. The molecule has 0 saturated heterocycles. The maximum absolute atomic E-state index is 2.57. The summed E-state index contributed by atoms with van der Waals surface area (Å²) in [5.74, 6) is 0.722. The minimum absolute atomic E-state index is 0.0129. The van der Waals surface area contributed by atoms with Gasteiger partial charge in [-0.1, -0.05) is 204 Å². The smallest absolute Gasteiger partial charge is 0.0200 e. The quantitative estimate of drug-likeness (QED) is 0.166. The van der Waals surface area contributed by atoms with Gasteiger partial charge in [-0.2, -0.15) is 0 Å². The molecule has 0 spiro atoms. The van der Waals surface area contributed by atoms with Crippen molar-refractivity contribution in [3.8, 4) is 55.6 Å². The van der Waals surface area contributed by atoms with Crippen LogP contribution < -0.4 is 0 Å². The molecule has 0 radical (unpaired) electrons. The van der Waals surface area contributed by atoms with Gasteiger partial charge in [0, 0.05) is 11.8 Å². The summed E-state index contributed by atoms with van der Waals surface area (Å²) in [5, 5.41) is 5.31. The SMILES string of the molecule is CC(C)(C)C1=CC2C=C(C(C)(C)C)C=C3c4cc(-c5ccc6c(-c7ccccc7)c7c(c(-c8ccccc8)c6c5)-c5cc(C(C)(C)C)cc6cc(C(C)(C)C)cc-7c56)ccc4C(=C1)C32. The van der Waals surface area contributed by atoms with Crippen LogP contribution >= 0.6 is 0 Å². The molecule has 318 valence electrons. The lowest BCUT2D eigenvalue weighted by molar-refractivity contribution is 0.491. The summed E-state index contributed by atoms with van der Waals surface area (Å²) in [4.78, 5) is 0. The highest BCUT2D eigenvalue weighted by molar-refractivity contribution is 6.28. The molecule has 7 aromatic carbocycles. The fourth-order valence-electron chi connectivity index (χ4n) is 11.3. The van der Waals surface area contributed by atoms with Crippen LogP contribution in [0.1, 0.15) is 105 Å². The molecule has 4 aliphatic carbocycles. The van der Waals surface area contributed by atoms with Gasteiger partial charge < -0.3 is 0 Å². The number of rotatable bonds is 3. The fourth-order valence-corrected chi connectivity index (χ4v) is 11.3. The van der Waals surface area contributed by atoms with E-state index in [1.165, 1.54) is 122 Å². The van der Waals surface area contributed by atoms with Crippen LogP contribution in [-0.4, -0.2) is 0 Å². The Balaban J connectivity index is 1.21. The number of fused-ring (bicyclic) bond motifs is 7. The van der Waals surface area contributed by atoms with E-state index in [0.717, 1.165) is 0 Å². The Labute approximate surface area is 382 Å². The van der Waals surface area contributed by atoms with E-state index in [2.05, 4.69) is 229 Å². The van der Waals surface area contributed by atoms with Gasteiger partial charge in [-0.25, -0.2) is 0 Å². The van der Waals surface area contributed by atoms with Crippen molar-refractivity contribution in [2.45, 2.75) is 93.9 Å². The first-order valence-corrected chi connectivity index (χ1v) is 23.7. The molecular formula is C64H62. The third kappa shape index (κ3) is 6.30. The van der Waals surface area contributed by atoms with Crippen molar-refractivity contribution in [2.24, 2.45) is 22.7 Å². The summed E-state index contributed by atoms with van der Waals surface area (Å²) < 4.78 is 0. The number of benzene rings is 7. The van der Waals surface area contributed by atoms with E-state index in [9.17, 15) is 0 Å². The van der Waals surface area contributed by atoms with E-state index in [-0.39, 0.29) is 21.7 Å². The second kappa shape index (κ2) is 13.8. The van der Waals surface area contributed by atoms with E-state index >= 15 is 0 Å². The topological polar surface area (TPSA) is 0 Å². The molecule has 0 aromatic heterocycles. The Morgan fingerprint density at radius 3 is 1.33 bits per heavy atom. The molecule has 2 atom stereocenters. The minimum Gasteiger partial charge on any atom is -0.0729 e. The summed E-state index contributed by atoms with van der Waals surface area (Å²) in [6.07, 6.45) is 10.2. The molecule has 4 aliphatic rings. The second-order valence-electron chi connectivity index (χ2n) is 23.4. The molecule has 0 saturated carbocycles. The van der Waals surface area contributed by atoms with Crippen LogP contribution in [0.15, 0.2) is 157 Å². The van der Waals surface area contributed by atoms with Gasteiger partial charge in [-0.05, 0) is 168 Å². The lowest BCUT2D eigenvalue weighted by atomic mass is 9.68. The average Bonchev–Trinajstić information content (AvgIpc) is 3.74. The van der Waals surface area contributed by atoms with Crippen LogP contribution in [0.2, 0.25) is 0 Å². The van der Waals surface area contributed by atoms with E-state index in [1.807, 2.05) is 0 Å². The molecule has 0 nitrogen and oxygen atoms in total. The maximum Gasteiger partial charge on any atom is 0.0200 e. The van der Waals surface area contributed by atoms with Crippen LogP contribution in [-0.2, 0) is 10.8 Å². The lowest BCUT2D eigenvalue weighted by Crippen LogP contribution is -2.23. The Morgan fingerprint density at radius 1 is 0.359 bits per heavy atom. The molecule has 0 fully saturated rings. The van der Waals surface area contributed by atoms with Crippen LogP contribution in [0.3, 0.4) is 0 Å². The Hall–Kier alpha value is -5.98. The van der Waals surface area contributed by atoms with Crippen molar-refractivity contribution < 1.29 is 0 Å².